The van der Waals surface area contributed by atoms with Crippen molar-refractivity contribution in [2.24, 2.45) is 0 Å². The molecule has 7 heteroatoms. The number of alkyl halides is 1. The number of hydrogen-bond acceptors (Lipinski definition) is 4. The van der Waals surface area contributed by atoms with Crippen LogP contribution >= 0.6 is 11.6 Å². The molecule has 1 saturated heterocycles. The van der Waals surface area contributed by atoms with Crippen molar-refractivity contribution in [2.75, 3.05) is 26.9 Å². The molecule has 2 aliphatic heterocycles. The largest absolute Gasteiger partial charge is 0.496 e. The number of fused-ring (bicyclic) bond motifs is 3. The number of H-pyrrole nitrogens is 1. The van der Waals surface area contributed by atoms with Gasteiger partial charge in [-0.15, -0.1) is 0 Å². The molecule has 1 fully saturated rings. The van der Waals surface area contributed by atoms with Crippen LogP contribution in [0.15, 0.2) is 36.5 Å². The van der Waals surface area contributed by atoms with E-state index in [4.69, 9.17) is 21.1 Å². The Labute approximate surface area is 173 Å². The van der Waals surface area contributed by atoms with Gasteiger partial charge in [-0.1, -0.05) is 29.8 Å². The van der Waals surface area contributed by atoms with E-state index < -0.39 is 5.67 Å². The molecule has 4 heterocycles. The van der Waals surface area contributed by atoms with Gasteiger partial charge in [-0.05, 0) is 25.0 Å². The monoisotopic (exact) mass is 415 g/mol. The molecule has 1 N–H and O–H groups in total. The number of para-hydroxylation sites is 1. The van der Waals surface area contributed by atoms with Crippen LogP contribution in [0.1, 0.15) is 29.8 Å². The molecular weight excluding hydrogens is 393 g/mol. The fourth-order valence-electron chi connectivity index (χ4n) is 4.64. The maximum Gasteiger partial charge on any atom is 0.169 e. The highest BCUT2D eigenvalue weighted by Gasteiger charge is 2.46. The number of hydrogen-bond donors (Lipinski definition) is 1. The minimum atomic E-state index is -1.33. The van der Waals surface area contributed by atoms with Crippen molar-refractivity contribution in [1.29, 1.82) is 0 Å². The highest BCUT2D eigenvalue weighted by atomic mass is 35.5. The lowest BCUT2D eigenvalue weighted by Crippen LogP contribution is -2.57. The third kappa shape index (κ3) is 3.10. The van der Waals surface area contributed by atoms with E-state index in [2.05, 4.69) is 40.0 Å². The number of benzene rings is 1. The van der Waals surface area contributed by atoms with Gasteiger partial charge in [0.2, 0.25) is 0 Å². The Balaban J connectivity index is 1.69. The number of nitrogens with zero attached hydrogens (tertiary/aromatic N) is 2. The predicted octanol–water partition coefficient (Wildman–Crippen LogP) is 4.30. The first-order valence-corrected chi connectivity index (χ1v) is 10.2. The molecular formula is C22H23ClFN3O2. The van der Waals surface area contributed by atoms with E-state index in [9.17, 15) is 0 Å². The van der Waals surface area contributed by atoms with Gasteiger partial charge in [-0.25, -0.2) is 9.37 Å². The number of ether oxygens (including phenoxy) is 2. The summed E-state index contributed by atoms with van der Waals surface area (Å²) in [5, 5.41) is 1.58. The molecule has 29 heavy (non-hydrogen) atoms. The number of aromatic nitrogens is 2. The lowest BCUT2D eigenvalue weighted by Gasteiger charge is -2.46. The van der Waals surface area contributed by atoms with Crippen molar-refractivity contribution in [3.05, 3.63) is 58.5 Å². The minimum absolute atomic E-state index is 0.137. The molecule has 2 aliphatic rings. The molecule has 1 aromatic carbocycles. The number of methoxy groups -OCH3 is 1. The molecule has 0 spiro atoms. The summed E-state index contributed by atoms with van der Waals surface area (Å²) in [6.45, 7) is 2.72. The third-order valence-electron chi connectivity index (χ3n) is 6.08. The van der Waals surface area contributed by atoms with Crippen molar-refractivity contribution in [3.8, 4) is 5.75 Å². The Kier molecular flexibility index (Phi) is 4.53. The van der Waals surface area contributed by atoms with Crippen molar-refractivity contribution >= 4 is 22.5 Å². The summed E-state index contributed by atoms with van der Waals surface area (Å²) >= 11 is 6.11. The minimum Gasteiger partial charge on any atom is -0.496 e. The smallest absolute Gasteiger partial charge is 0.169 e. The van der Waals surface area contributed by atoms with Crippen LogP contribution in [0, 0.1) is 0 Å². The van der Waals surface area contributed by atoms with Gasteiger partial charge in [-0.3, -0.25) is 4.90 Å². The second-order valence-electron chi connectivity index (χ2n) is 8.08. The number of rotatable bonds is 4. The lowest BCUT2D eigenvalue weighted by atomic mass is 9.87. The summed E-state index contributed by atoms with van der Waals surface area (Å²) in [6, 6.07) is 9.93. The van der Waals surface area contributed by atoms with Crippen molar-refractivity contribution in [3.63, 3.8) is 0 Å². The van der Waals surface area contributed by atoms with E-state index in [1.165, 1.54) is 10.9 Å². The Morgan fingerprint density at radius 3 is 2.90 bits per heavy atom. The number of aromatic amines is 1. The average Bonchev–Trinajstić information content (AvgIpc) is 3.05. The summed E-state index contributed by atoms with van der Waals surface area (Å²) in [5.74, 6) is 0.650. The van der Waals surface area contributed by atoms with Crippen LogP contribution in [0.3, 0.4) is 0 Å². The second kappa shape index (κ2) is 6.97. The maximum absolute atomic E-state index is 15.1. The van der Waals surface area contributed by atoms with Crippen LogP contribution in [-0.4, -0.2) is 53.4 Å². The first-order valence-electron chi connectivity index (χ1n) is 9.80. The number of nitrogens with one attached hydrogen (secondary N) is 1. The van der Waals surface area contributed by atoms with Crippen LogP contribution < -0.4 is 4.74 Å². The van der Waals surface area contributed by atoms with Gasteiger partial charge in [0, 0.05) is 47.0 Å². The molecule has 5 nitrogen and oxygen atoms in total. The molecule has 3 aromatic rings. The summed E-state index contributed by atoms with van der Waals surface area (Å²) in [4.78, 5) is 10.1. The quantitative estimate of drug-likeness (QED) is 0.645. The molecule has 0 unspecified atom stereocenters. The number of halogens is 2. The molecule has 0 bridgehead atoms. The third-order valence-corrected chi connectivity index (χ3v) is 6.29. The van der Waals surface area contributed by atoms with E-state index in [1.54, 1.807) is 19.4 Å². The Hall–Kier alpha value is -2.15. The van der Waals surface area contributed by atoms with Crippen molar-refractivity contribution < 1.29 is 13.9 Å². The molecule has 5 rings (SSSR count). The first kappa shape index (κ1) is 18.9. The van der Waals surface area contributed by atoms with Gasteiger partial charge in [0.15, 0.2) is 5.67 Å². The topological polar surface area (TPSA) is 50.4 Å². The fraction of sp³-hybridized carbons (Fsp3) is 0.409. The van der Waals surface area contributed by atoms with Crippen LogP contribution in [0.4, 0.5) is 4.39 Å². The Morgan fingerprint density at radius 2 is 2.17 bits per heavy atom. The Bertz CT molecular complexity index is 1070. The predicted molar refractivity (Wildman–Crippen MR) is 110 cm³/mol. The molecule has 152 valence electrons. The van der Waals surface area contributed by atoms with Gasteiger partial charge < -0.3 is 14.5 Å². The van der Waals surface area contributed by atoms with E-state index in [0.717, 1.165) is 23.2 Å². The lowest BCUT2D eigenvalue weighted by molar-refractivity contribution is -0.147. The van der Waals surface area contributed by atoms with E-state index in [0.29, 0.717) is 17.4 Å². The van der Waals surface area contributed by atoms with Crippen LogP contribution in [0.25, 0.3) is 10.9 Å². The highest BCUT2D eigenvalue weighted by molar-refractivity contribution is 6.29. The van der Waals surface area contributed by atoms with Crippen LogP contribution in [-0.2, 0) is 11.2 Å². The van der Waals surface area contributed by atoms with E-state index >= 15 is 4.39 Å². The Morgan fingerprint density at radius 1 is 1.38 bits per heavy atom. The number of pyridine rings is 1. The molecule has 2 aromatic heterocycles. The fourth-order valence-corrected chi connectivity index (χ4v) is 4.78. The van der Waals surface area contributed by atoms with Crippen molar-refractivity contribution in [1.82, 2.24) is 14.9 Å². The molecule has 0 aliphatic carbocycles. The molecule has 2 atom stereocenters. The molecule has 0 saturated carbocycles. The first-order chi connectivity index (χ1) is 14.0. The van der Waals surface area contributed by atoms with E-state index in [-0.39, 0.29) is 25.3 Å². The summed E-state index contributed by atoms with van der Waals surface area (Å²) < 4.78 is 25.9. The van der Waals surface area contributed by atoms with Gasteiger partial charge >= 0.3 is 0 Å². The van der Waals surface area contributed by atoms with Crippen LogP contribution in [0.2, 0.25) is 5.15 Å². The van der Waals surface area contributed by atoms with Gasteiger partial charge in [0.25, 0.3) is 0 Å². The van der Waals surface area contributed by atoms with Crippen LogP contribution in [0.5, 0.6) is 5.75 Å². The SMILES string of the molecule is COc1cc(Cl)ncc1[C@@H]1c2[nH]c3ccccc3c2C[C@@H](C)N1CC1(F)COC1. The maximum atomic E-state index is 15.1. The van der Waals surface area contributed by atoms with Gasteiger partial charge in [0.1, 0.15) is 10.9 Å². The van der Waals surface area contributed by atoms with Gasteiger partial charge in [-0.2, -0.15) is 0 Å². The standard InChI is InChI=1S/C22H23ClFN3O2/c1-13-7-15-14-5-3-4-6-17(14)26-20(15)21(27(13)10-22(24)11-29-12-22)16-9-25-19(23)8-18(16)28-2/h3-6,8-9,13,21,26H,7,10-12H2,1-2H3/t13-,21-/m1/s1. The van der Waals surface area contributed by atoms with Gasteiger partial charge in [0.05, 0.1) is 26.4 Å². The zero-order valence-corrected chi connectivity index (χ0v) is 17.2. The zero-order valence-electron chi connectivity index (χ0n) is 16.4. The van der Waals surface area contributed by atoms with Crippen molar-refractivity contribution in [2.45, 2.75) is 31.1 Å². The molecule has 0 amide bonds. The summed E-state index contributed by atoms with van der Waals surface area (Å²) in [6.07, 6.45) is 2.59. The summed E-state index contributed by atoms with van der Waals surface area (Å²) in [5.41, 5.74) is 2.96. The normalized spacial score (nSPS) is 23.6. The highest BCUT2D eigenvalue weighted by Crippen LogP contribution is 2.44. The average molecular weight is 416 g/mol. The molecule has 0 radical (unpaired) electrons. The van der Waals surface area contributed by atoms with E-state index in [1.807, 2.05) is 6.07 Å². The summed E-state index contributed by atoms with van der Waals surface area (Å²) in [7, 11) is 1.62. The second-order valence-corrected chi connectivity index (χ2v) is 8.47. The zero-order chi connectivity index (χ0) is 20.2.